The topological polar surface area (TPSA) is 58.6 Å². The van der Waals surface area contributed by atoms with Gasteiger partial charge in [0.2, 0.25) is 10.0 Å². The van der Waals surface area contributed by atoms with Gasteiger partial charge >= 0.3 is 0 Å². The van der Waals surface area contributed by atoms with E-state index in [1.54, 1.807) is 32.2 Å². The Kier molecular flexibility index (Phi) is 6.81. The summed E-state index contributed by atoms with van der Waals surface area (Å²) in [7, 11) is 0.0288. The standard InChI is InChI=1S/C20H28N2O3S/c1-15(2)22(4)14-18-9-7-6-8-17(18)13-21-26(23,24)20-11-10-19(25-5)12-16(20)3/h6-12,15,21H,13-14H2,1-5H3. The highest BCUT2D eigenvalue weighted by molar-refractivity contribution is 7.89. The van der Waals surface area contributed by atoms with Crippen molar-refractivity contribution in [1.29, 1.82) is 0 Å². The molecule has 0 bridgehead atoms. The van der Waals surface area contributed by atoms with Crippen LogP contribution in [0.5, 0.6) is 5.75 Å². The number of ether oxygens (including phenoxy) is 1. The predicted molar refractivity (Wildman–Crippen MR) is 105 cm³/mol. The molecular formula is C20H28N2O3S. The van der Waals surface area contributed by atoms with Gasteiger partial charge in [0.15, 0.2) is 0 Å². The molecule has 26 heavy (non-hydrogen) atoms. The summed E-state index contributed by atoms with van der Waals surface area (Å²) < 4.78 is 33.3. The molecule has 0 aliphatic rings. The molecule has 2 aromatic carbocycles. The molecule has 0 unspecified atom stereocenters. The highest BCUT2D eigenvalue weighted by Crippen LogP contribution is 2.21. The van der Waals surface area contributed by atoms with Gasteiger partial charge in [0.25, 0.3) is 0 Å². The molecule has 6 heteroatoms. The fourth-order valence-electron chi connectivity index (χ4n) is 2.64. The third-order valence-electron chi connectivity index (χ3n) is 4.54. The van der Waals surface area contributed by atoms with E-state index in [1.165, 1.54) is 0 Å². The molecule has 0 saturated heterocycles. The first-order valence-corrected chi connectivity index (χ1v) is 10.1. The lowest BCUT2D eigenvalue weighted by Gasteiger charge is -2.22. The van der Waals surface area contributed by atoms with E-state index in [0.717, 1.165) is 17.7 Å². The summed E-state index contributed by atoms with van der Waals surface area (Å²) in [5.74, 6) is 0.642. The van der Waals surface area contributed by atoms with Gasteiger partial charge < -0.3 is 4.74 Å². The fourth-order valence-corrected chi connectivity index (χ4v) is 3.87. The first kappa shape index (κ1) is 20.4. The zero-order valence-corrected chi connectivity index (χ0v) is 16.9. The maximum Gasteiger partial charge on any atom is 0.241 e. The Morgan fingerprint density at radius 3 is 2.35 bits per heavy atom. The molecule has 0 fully saturated rings. The Balaban J connectivity index is 2.18. The van der Waals surface area contributed by atoms with Gasteiger partial charge in [-0.25, -0.2) is 13.1 Å². The molecule has 142 valence electrons. The van der Waals surface area contributed by atoms with Crippen LogP contribution in [0.15, 0.2) is 47.4 Å². The second-order valence-corrected chi connectivity index (χ2v) is 8.47. The molecule has 2 rings (SSSR count). The highest BCUT2D eigenvalue weighted by atomic mass is 32.2. The molecule has 0 spiro atoms. The number of hydrogen-bond donors (Lipinski definition) is 1. The number of sulfonamides is 1. The second-order valence-electron chi connectivity index (χ2n) is 6.73. The minimum Gasteiger partial charge on any atom is -0.497 e. The van der Waals surface area contributed by atoms with Gasteiger partial charge in [-0.15, -0.1) is 0 Å². The van der Waals surface area contributed by atoms with Crippen molar-refractivity contribution in [2.75, 3.05) is 14.2 Å². The van der Waals surface area contributed by atoms with E-state index in [9.17, 15) is 8.42 Å². The SMILES string of the molecule is COc1ccc(S(=O)(=O)NCc2ccccc2CN(C)C(C)C)c(C)c1. The van der Waals surface area contributed by atoms with Gasteiger partial charge in [-0.05, 0) is 62.7 Å². The van der Waals surface area contributed by atoms with E-state index in [0.29, 0.717) is 17.4 Å². The van der Waals surface area contributed by atoms with Crippen molar-refractivity contribution in [3.8, 4) is 5.75 Å². The monoisotopic (exact) mass is 376 g/mol. The Morgan fingerprint density at radius 1 is 1.12 bits per heavy atom. The number of benzene rings is 2. The van der Waals surface area contributed by atoms with Crippen LogP contribution in [-0.4, -0.2) is 33.5 Å². The Morgan fingerprint density at radius 2 is 1.77 bits per heavy atom. The van der Waals surface area contributed by atoms with Gasteiger partial charge in [-0.2, -0.15) is 0 Å². The first-order valence-electron chi connectivity index (χ1n) is 8.66. The highest BCUT2D eigenvalue weighted by Gasteiger charge is 2.18. The van der Waals surface area contributed by atoms with Gasteiger partial charge in [-0.1, -0.05) is 24.3 Å². The maximum atomic E-state index is 12.7. The second kappa shape index (κ2) is 8.66. The molecule has 5 nitrogen and oxygen atoms in total. The molecule has 0 heterocycles. The van der Waals surface area contributed by atoms with Crippen LogP contribution >= 0.6 is 0 Å². The number of hydrogen-bond acceptors (Lipinski definition) is 4. The molecule has 0 aliphatic carbocycles. The zero-order valence-electron chi connectivity index (χ0n) is 16.1. The molecule has 0 radical (unpaired) electrons. The molecule has 0 aliphatic heterocycles. The average molecular weight is 377 g/mol. The largest absolute Gasteiger partial charge is 0.497 e. The molecule has 0 aromatic heterocycles. The lowest BCUT2D eigenvalue weighted by molar-refractivity contribution is 0.265. The molecular weight excluding hydrogens is 348 g/mol. The maximum absolute atomic E-state index is 12.7. The van der Waals surface area contributed by atoms with Crippen LogP contribution in [0.1, 0.15) is 30.5 Å². The van der Waals surface area contributed by atoms with Crippen LogP contribution in [0.2, 0.25) is 0 Å². The number of nitrogens with zero attached hydrogens (tertiary/aromatic N) is 1. The Bertz CT molecular complexity index is 848. The molecule has 0 saturated carbocycles. The van der Waals surface area contributed by atoms with E-state index in [-0.39, 0.29) is 11.4 Å². The van der Waals surface area contributed by atoms with Crippen molar-refractivity contribution in [3.63, 3.8) is 0 Å². The summed E-state index contributed by atoms with van der Waals surface area (Å²) in [5, 5.41) is 0. The van der Waals surface area contributed by atoms with Gasteiger partial charge in [0, 0.05) is 19.1 Å². The zero-order chi connectivity index (χ0) is 19.3. The molecule has 2 aromatic rings. The third-order valence-corrected chi connectivity index (χ3v) is 6.11. The van der Waals surface area contributed by atoms with E-state index < -0.39 is 10.0 Å². The normalized spacial score (nSPS) is 12.0. The first-order chi connectivity index (χ1) is 12.2. The lowest BCUT2D eigenvalue weighted by Crippen LogP contribution is -2.28. The van der Waals surface area contributed by atoms with Crippen LogP contribution in [-0.2, 0) is 23.1 Å². The third kappa shape index (κ3) is 5.06. The predicted octanol–water partition coefficient (Wildman–Crippen LogP) is 3.32. The minimum atomic E-state index is -3.59. The van der Waals surface area contributed by atoms with Crippen molar-refractivity contribution in [2.24, 2.45) is 0 Å². The van der Waals surface area contributed by atoms with Gasteiger partial charge in [-0.3, -0.25) is 4.90 Å². The molecule has 0 amide bonds. The Labute approximate surface area is 157 Å². The van der Waals surface area contributed by atoms with Crippen molar-refractivity contribution in [2.45, 2.75) is 44.8 Å². The number of aryl methyl sites for hydroxylation is 1. The van der Waals surface area contributed by atoms with Gasteiger partial charge in [0.1, 0.15) is 5.75 Å². The van der Waals surface area contributed by atoms with E-state index in [1.807, 2.05) is 24.3 Å². The summed E-state index contributed by atoms with van der Waals surface area (Å²) in [6.07, 6.45) is 0. The minimum absolute atomic E-state index is 0.260. The van der Waals surface area contributed by atoms with Crippen molar-refractivity contribution in [3.05, 3.63) is 59.2 Å². The van der Waals surface area contributed by atoms with Crippen LogP contribution in [0, 0.1) is 6.92 Å². The molecule has 1 N–H and O–H groups in total. The van der Waals surface area contributed by atoms with Crippen molar-refractivity contribution < 1.29 is 13.2 Å². The molecule has 0 atom stereocenters. The van der Waals surface area contributed by atoms with Gasteiger partial charge in [0.05, 0.1) is 12.0 Å². The summed E-state index contributed by atoms with van der Waals surface area (Å²) in [4.78, 5) is 2.50. The van der Waals surface area contributed by atoms with Crippen molar-refractivity contribution in [1.82, 2.24) is 9.62 Å². The lowest BCUT2D eigenvalue weighted by atomic mass is 10.1. The summed E-state index contributed by atoms with van der Waals surface area (Å²) in [6.45, 7) is 7.07. The van der Waals surface area contributed by atoms with Crippen LogP contribution in [0.3, 0.4) is 0 Å². The number of nitrogens with one attached hydrogen (secondary N) is 1. The van der Waals surface area contributed by atoms with Crippen LogP contribution < -0.4 is 9.46 Å². The number of methoxy groups -OCH3 is 1. The smallest absolute Gasteiger partial charge is 0.241 e. The van der Waals surface area contributed by atoms with Crippen molar-refractivity contribution >= 4 is 10.0 Å². The Hall–Kier alpha value is -1.89. The number of rotatable bonds is 8. The summed E-state index contributed by atoms with van der Waals surface area (Å²) >= 11 is 0. The quantitative estimate of drug-likeness (QED) is 0.768. The average Bonchev–Trinajstić information content (AvgIpc) is 2.60. The van der Waals surface area contributed by atoms with E-state index in [2.05, 4.69) is 30.5 Å². The summed E-state index contributed by atoms with van der Waals surface area (Å²) in [5.41, 5.74) is 2.76. The van der Waals surface area contributed by atoms with E-state index in [4.69, 9.17) is 4.74 Å². The summed E-state index contributed by atoms with van der Waals surface area (Å²) in [6, 6.07) is 13.3. The fraction of sp³-hybridized carbons (Fsp3) is 0.400. The van der Waals surface area contributed by atoms with Crippen LogP contribution in [0.4, 0.5) is 0 Å². The van der Waals surface area contributed by atoms with E-state index >= 15 is 0 Å². The van der Waals surface area contributed by atoms with Crippen LogP contribution in [0.25, 0.3) is 0 Å².